The van der Waals surface area contributed by atoms with Gasteiger partial charge in [0.1, 0.15) is 7.85 Å². The number of benzene rings is 1. The predicted molar refractivity (Wildman–Crippen MR) is 54.6 cm³/mol. The highest BCUT2D eigenvalue weighted by Crippen LogP contribution is 1.91. The first-order valence-electron chi connectivity index (χ1n) is 3.78. The SMILES string of the molecule is [B]c1cccc(C=NC(=O)C=C)c1. The number of amides is 1. The maximum atomic E-state index is 10.7. The van der Waals surface area contributed by atoms with Gasteiger partial charge in [-0.1, -0.05) is 36.3 Å². The van der Waals surface area contributed by atoms with Crippen LogP contribution in [0.5, 0.6) is 0 Å². The summed E-state index contributed by atoms with van der Waals surface area (Å²) in [6, 6.07) is 7.12. The molecule has 0 bridgehead atoms. The largest absolute Gasteiger partial charge is 0.269 e. The monoisotopic (exact) mass is 169 g/mol. The predicted octanol–water partition coefficient (Wildman–Crippen LogP) is 0.612. The summed E-state index contributed by atoms with van der Waals surface area (Å²) in [5.74, 6) is -0.359. The summed E-state index contributed by atoms with van der Waals surface area (Å²) in [4.78, 5) is 14.3. The summed E-state index contributed by atoms with van der Waals surface area (Å²) in [6.45, 7) is 3.30. The van der Waals surface area contributed by atoms with E-state index < -0.39 is 0 Å². The zero-order valence-electron chi connectivity index (χ0n) is 7.10. The zero-order chi connectivity index (χ0) is 9.68. The van der Waals surface area contributed by atoms with Gasteiger partial charge in [0, 0.05) is 6.21 Å². The van der Waals surface area contributed by atoms with Gasteiger partial charge in [-0.2, -0.15) is 0 Å². The molecule has 0 atom stereocenters. The molecule has 0 N–H and O–H groups in total. The van der Waals surface area contributed by atoms with Gasteiger partial charge < -0.3 is 0 Å². The molecule has 1 aromatic carbocycles. The lowest BCUT2D eigenvalue weighted by Crippen LogP contribution is -2.02. The molecular weight excluding hydrogens is 161 g/mol. The Hall–Kier alpha value is -1.64. The van der Waals surface area contributed by atoms with Crippen molar-refractivity contribution in [2.24, 2.45) is 4.99 Å². The molecule has 0 fully saturated rings. The van der Waals surface area contributed by atoms with Crippen LogP contribution in [0.3, 0.4) is 0 Å². The van der Waals surface area contributed by atoms with E-state index in [0.29, 0.717) is 5.46 Å². The molecule has 0 aliphatic heterocycles. The molecule has 0 saturated heterocycles. The van der Waals surface area contributed by atoms with Gasteiger partial charge in [0.2, 0.25) is 0 Å². The Bertz CT molecular complexity index is 358. The van der Waals surface area contributed by atoms with Gasteiger partial charge >= 0.3 is 0 Å². The van der Waals surface area contributed by atoms with Crippen molar-refractivity contribution in [3.63, 3.8) is 0 Å². The first kappa shape index (κ1) is 9.45. The van der Waals surface area contributed by atoms with Crippen LogP contribution in [-0.4, -0.2) is 20.0 Å². The molecule has 1 amide bonds. The van der Waals surface area contributed by atoms with E-state index in [0.717, 1.165) is 11.6 Å². The second kappa shape index (κ2) is 4.41. The minimum atomic E-state index is -0.359. The van der Waals surface area contributed by atoms with E-state index in [-0.39, 0.29) is 5.91 Å². The van der Waals surface area contributed by atoms with Crippen LogP contribution in [0, 0.1) is 0 Å². The summed E-state index contributed by atoms with van der Waals surface area (Å²) < 4.78 is 0. The average molecular weight is 169 g/mol. The van der Waals surface area contributed by atoms with Crippen molar-refractivity contribution >= 4 is 25.4 Å². The highest BCUT2D eigenvalue weighted by Gasteiger charge is 1.89. The van der Waals surface area contributed by atoms with E-state index in [1.165, 1.54) is 6.21 Å². The van der Waals surface area contributed by atoms with Gasteiger partial charge in [-0.3, -0.25) is 4.79 Å². The number of nitrogens with zero attached hydrogens (tertiary/aromatic N) is 1. The summed E-state index contributed by atoms with van der Waals surface area (Å²) >= 11 is 0. The molecule has 0 unspecified atom stereocenters. The third kappa shape index (κ3) is 3.07. The summed E-state index contributed by atoms with van der Waals surface area (Å²) in [6.07, 6.45) is 2.61. The van der Waals surface area contributed by atoms with Gasteiger partial charge in [0.05, 0.1) is 0 Å². The summed E-state index contributed by atoms with van der Waals surface area (Å²) in [5.41, 5.74) is 1.45. The highest BCUT2D eigenvalue weighted by molar-refractivity contribution is 6.32. The fraction of sp³-hybridized carbons (Fsp3) is 0. The smallest absolute Gasteiger partial charge is 0.268 e. The van der Waals surface area contributed by atoms with Gasteiger partial charge in [0.15, 0.2) is 0 Å². The molecule has 0 saturated carbocycles. The summed E-state index contributed by atoms with van der Waals surface area (Å²) in [5, 5.41) is 0. The Kier molecular flexibility index (Phi) is 3.20. The van der Waals surface area contributed by atoms with Crippen LogP contribution in [0.2, 0.25) is 0 Å². The maximum Gasteiger partial charge on any atom is 0.269 e. The van der Waals surface area contributed by atoms with Crippen LogP contribution in [-0.2, 0) is 4.79 Å². The van der Waals surface area contributed by atoms with Crippen molar-refractivity contribution in [1.82, 2.24) is 0 Å². The number of rotatable bonds is 2. The second-order valence-electron chi connectivity index (χ2n) is 2.47. The van der Waals surface area contributed by atoms with Crippen molar-refractivity contribution in [1.29, 1.82) is 0 Å². The van der Waals surface area contributed by atoms with Crippen LogP contribution in [0.1, 0.15) is 5.56 Å². The highest BCUT2D eigenvalue weighted by atomic mass is 16.1. The molecular formula is C10H8BNO. The quantitative estimate of drug-likeness (QED) is 0.362. The van der Waals surface area contributed by atoms with Crippen LogP contribution < -0.4 is 5.46 Å². The maximum absolute atomic E-state index is 10.7. The van der Waals surface area contributed by atoms with Gasteiger partial charge in [-0.15, -0.1) is 0 Å². The zero-order valence-corrected chi connectivity index (χ0v) is 7.10. The van der Waals surface area contributed by atoms with E-state index in [2.05, 4.69) is 11.6 Å². The number of aliphatic imine (C=N–C) groups is 1. The van der Waals surface area contributed by atoms with Crippen LogP contribution in [0.4, 0.5) is 0 Å². The molecule has 3 heteroatoms. The molecule has 2 radical (unpaired) electrons. The van der Waals surface area contributed by atoms with E-state index in [4.69, 9.17) is 7.85 Å². The molecule has 1 aromatic rings. The molecule has 1 rings (SSSR count). The molecule has 13 heavy (non-hydrogen) atoms. The van der Waals surface area contributed by atoms with E-state index in [1.54, 1.807) is 18.2 Å². The number of carbonyl (C=O) groups is 1. The molecule has 62 valence electrons. The Labute approximate surface area is 78.4 Å². The Morgan fingerprint density at radius 1 is 1.54 bits per heavy atom. The Balaban J connectivity index is 2.79. The number of hydrogen-bond donors (Lipinski definition) is 0. The lowest BCUT2D eigenvalue weighted by molar-refractivity contribution is -0.113. The van der Waals surface area contributed by atoms with Gasteiger partial charge in [-0.25, -0.2) is 4.99 Å². The minimum absolute atomic E-state index is 0.359. The second-order valence-corrected chi connectivity index (χ2v) is 2.47. The van der Waals surface area contributed by atoms with Crippen molar-refractivity contribution in [3.8, 4) is 0 Å². The normalized spacial score (nSPS) is 10.2. The minimum Gasteiger partial charge on any atom is -0.268 e. The first-order chi connectivity index (χ1) is 6.22. The van der Waals surface area contributed by atoms with Gasteiger partial charge in [-0.05, 0) is 11.6 Å². The van der Waals surface area contributed by atoms with Crippen LogP contribution in [0.15, 0.2) is 41.9 Å². The van der Waals surface area contributed by atoms with Crippen LogP contribution in [0.25, 0.3) is 0 Å². The topological polar surface area (TPSA) is 29.4 Å². The van der Waals surface area contributed by atoms with E-state index in [9.17, 15) is 4.79 Å². The van der Waals surface area contributed by atoms with Gasteiger partial charge in [0.25, 0.3) is 5.91 Å². The van der Waals surface area contributed by atoms with Crippen molar-refractivity contribution in [2.75, 3.05) is 0 Å². The fourth-order valence-electron chi connectivity index (χ4n) is 0.830. The molecule has 0 spiro atoms. The lowest BCUT2D eigenvalue weighted by Gasteiger charge is -1.93. The van der Waals surface area contributed by atoms with Crippen molar-refractivity contribution in [2.45, 2.75) is 0 Å². The molecule has 0 heterocycles. The van der Waals surface area contributed by atoms with E-state index in [1.807, 2.05) is 6.07 Å². The first-order valence-corrected chi connectivity index (χ1v) is 3.78. The van der Waals surface area contributed by atoms with Crippen LogP contribution >= 0.6 is 0 Å². The van der Waals surface area contributed by atoms with E-state index >= 15 is 0 Å². The van der Waals surface area contributed by atoms with Crippen molar-refractivity contribution in [3.05, 3.63) is 42.5 Å². The molecule has 0 aromatic heterocycles. The van der Waals surface area contributed by atoms with Crippen molar-refractivity contribution < 1.29 is 4.79 Å². The lowest BCUT2D eigenvalue weighted by atomic mass is 9.95. The summed E-state index contributed by atoms with van der Waals surface area (Å²) in [7, 11) is 5.53. The Morgan fingerprint density at radius 3 is 2.92 bits per heavy atom. The third-order valence-corrected chi connectivity index (χ3v) is 1.43. The third-order valence-electron chi connectivity index (χ3n) is 1.43. The molecule has 0 aliphatic rings. The molecule has 0 aliphatic carbocycles. The molecule has 2 nitrogen and oxygen atoms in total. The Morgan fingerprint density at radius 2 is 2.31 bits per heavy atom. The number of hydrogen-bond acceptors (Lipinski definition) is 1. The standard InChI is InChI=1S/C10H8BNO/c1-2-10(13)12-7-8-4-3-5-9(11)6-8/h2-7H,1H2. The fourth-order valence-corrected chi connectivity index (χ4v) is 0.830. The average Bonchev–Trinajstić information content (AvgIpc) is 2.14. The number of carbonyl (C=O) groups excluding carboxylic acids is 1.